The van der Waals surface area contributed by atoms with Crippen molar-refractivity contribution in [2.45, 2.75) is 44.8 Å². The summed E-state index contributed by atoms with van der Waals surface area (Å²) >= 11 is 1.28. The van der Waals surface area contributed by atoms with E-state index in [1.54, 1.807) is 45.9 Å². The predicted molar refractivity (Wildman–Crippen MR) is 120 cm³/mol. The molecular formula is C21H23N3O4S2. The molecule has 9 heteroatoms. The van der Waals surface area contributed by atoms with Crippen LogP contribution < -0.4 is 9.50 Å². The van der Waals surface area contributed by atoms with Crippen LogP contribution in [0.5, 0.6) is 5.75 Å². The van der Waals surface area contributed by atoms with Crippen LogP contribution in [0.15, 0.2) is 45.4 Å². The lowest BCUT2D eigenvalue weighted by molar-refractivity contribution is -0.118. The maximum Gasteiger partial charge on any atom is 0.339 e. The van der Waals surface area contributed by atoms with Gasteiger partial charge in [-0.05, 0) is 57.4 Å². The fourth-order valence-corrected chi connectivity index (χ4v) is 5.44. The number of amidine groups is 1. The van der Waals surface area contributed by atoms with E-state index in [9.17, 15) is 13.2 Å². The predicted octanol–water partition coefficient (Wildman–Crippen LogP) is 3.63. The van der Waals surface area contributed by atoms with E-state index in [2.05, 4.69) is 15.5 Å². The zero-order chi connectivity index (χ0) is 22.1. The Kier molecular flexibility index (Phi) is 6.33. The van der Waals surface area contributed by atoms with Gasteiger partial charge in [0, 0.05) is 5.56 Å². The molecule has 1 heterocycles. The van der Waals surface area contributed by atoms with E-state index in [4.69, 9.17) is 4.18 Å². The van der Waals surface area contributed by atoms with Crippen molar-refractivity contribution >= 4 is 39.2 Å². The molecule has 0 spiro atoms. The van der Waals surface area contributed by atoms with Gasteiger partial charge in [0.2, 0.25) is 5.91 Å². The maximum absolute atomic E-state index is 13.1. The van der Waals surface area contributed by atoms with Crippen molar-refractivity contribution in [3.05, 3.63) is 58.1 Å². The third kappa shape index (κ3) is 4.73. The summed E-state index contributed by atoms with van der Waals surface area (Å²) in [6.45, 7) is 8.96. The number of hydrogen-bond acceptors (Lipinski definition) is 7. The smallest absolute Gasteiger partial charge is 0.339 e. The van der Waals surface area contributed by atoms with Gasteiger partial charge >= 0.3 is 10.1 Å². The van der Waals surface area contributed by atoms with Gasteiger partial charge in [-0.1, -0.05) is 41.6 Å². The summed E-state index contributed by atoms with van der Waals surface area (Å²) in [6.07, 6.45) is 1.41. The molecule has 0 aromatic heterocycles. The number of para-hydroxylation sites is 1. The molecule has 1 aliphatic rings. The molecule has 3 rings (SSSR count). The van der Waals surface area contributed by atoms with E-state index in [0.717, 1.165) is 5.56 Å². The summed E-state index contributed by atoms with van der Waals surface area (Å²) in [5, 5.41) is 10.8. The molecule has 1 atom stereocenters. The van der Waals surface area contributed by atoms with Gasteiger partial charge in [-0.3, -0.25) is 4.79 Å². The molecule has 0 bridgehead atoms. The Hall–Kier alpha value is -2.65. The minimum absolute atomic E-state index is 0.122. The molecule has 1 unspecified atom stereocenters. The van der Waals surface area contributed by atoms with E-state index in [1.165, 1.54) is 18.0 Å². The van der Waals surface area contributed by atoms with Gasteiger partial charge in [0.25, 0.3) is 0 Å². The van der Waals surface area contributed by atoms with Crippen molar-refractivity contribution in [1.82, 2.24) is 5.32 Å². The standard InChI is InChI=1S/C21H23N3O4S2/c1-12-9-14(3)19(15(4)10-12)30(26,27)28-18-13(2)7-6-8-17(18)11-22-24-21-23-20(25)16(5)29-21/h6-11,16H,1-5H3,(H,23,24,25)/b22-11+. The third-order valence-electron chi connectivity index (χ3n) is 4.52. The Bertz CT molecular complexity index is 1150. The van der Waals surface area contributed by atoms with Crippen LogP contribution in [-0.4, -0.2) is 31.0 Å². The van der Waals surface area contributed by atoms with Crippen LogP contribution in [-0.2, 0) is 14.9 Å². The number of rotatable bonds is 5. The molecule has 1 N–H and O–H groups in total. The molecule has 0 aliphatic carbocycles. The largest absolute Gasteiger partial charge is 0.378 e. The molecule has 7 nitrogen and oxygen atoms in total. The monoisotopic (exact) mass is 445 g/mol. The fraction of sp³-hybridized carbons (Fsp3) is 0.286. The summed E-state index contributed by atoms with van der Waals surface area (Å²) in [5.74, 6) is 0.0702. The van der Waals surface area contributed by atoms with E-state index in [-0.39, 0.29) is 21.8 Å². The first-order chi connectivity index (χ1) is 14.1. The molecule has 2 aromatic carbocycles. The maximum atomic E-state index is 13.1. The number of nitrogens with one attached hydrogen (secondary N) is 1. The highest BCUT2D eigenvalue weighted by molar-refractivity contribution is 8.15. The van der Waals surface area contributed by atoms with Crippen LogP contribution in [0.25, 0.3) is 0 Å². The first-order valence-electron chi connectivity index (χ1n) is 9.29. The highest BCUT2D eigenvalue weighted by Crippen LogP contribution is 2.29. The number of thioether (sulfide) groups is 1. The molecule has 2 aromatic rings. The van der Waals surface area contributed by atoms with Gasteiger partial charge in [0.05, 0.1) is 11.5 Å². The number of carbonyl (C=O) groups is 1. The number of amides is 1. The molecular weight excluding hydrogens is 422 g/mol. The van der Waals surface area contributed by atoms with Gasteiger partial charge in [-0.2, -0.15) is 13.5 Å². The molecule has 158 valence electrons. The van der Waals surface area contributed by atoms with Crippen molar-refractivity contribution in [2.24, 2.45) is 10.2 Å². The summed E-state index contributed by atoms with van der Waals surface area (Å²) in [4.78, 5) is 11.7. The van der Waals surface area contributed by atoms with Gasteiger partial charge in [-0.15, -0.1) is 5.10 Å². The number of aryl methyl sites for hydroxylation is 4. The first kappa shape index (κ1) is 22.0. The summed E-state index contributed by atoms with van der Waals surface area (Å²) in [5.41, 5.74) is 3.36. The Morgan fingerprint density at radius 3 is 2.37 bits per heavy atom. The highest BCUT2D eigenvalue weighted by atomic mass is 32.2. The Morgan fingerprint density at radius 2 is 1.77 bits per heavy atom. The van der Waals surface area contributed by atoms with Crippen molar-refractivity contribution in [3.8, 4) is 5.75 Å². The minimum Gasteiger partial charge on any atom is -0.378 e. The second kappa shape index (κ2) is 8.61. The lowest BCUT2D eigenvalue weighted by Crippen LogP contribution is -2.23. The fourth-order valence-electron chi connectivity index (χ4n) is 3.25. The van der Waals surface area contributed by atoms with Crippen LogP contribution >= 0.6 is 11.8 Å². The zero-order valence-electron chi connectivity index (χ0n) is 17.4. The minimum atomic E-state index is -4.05. The molecule has 1 aliphatic heterocycles. The second-order valence-corrected chi connectivity index (χ2v) is 9.97. The lowest BCUT2D eigenvalue weighted by atomic mass is 10.1. The van der Waals surface area contributed by atoms with Gasteiger partial charge in [-0.25, -0.2) is 0 Å². The van der Waals surface area contributed by atoms with E-state index < -0.39 is 10.1 Å². The Morgan fingerprint density at radius 1 is 1.10 bits per heavy atom. The number of hydrogen-bond donors (Lipinski definition) is 1. The molecule has 1 saturated heterocycles. The molecule has 1 fully saturated rings. The third-order valence-corrected chi connectivity index (χ3v) is 7.03. The van der Waals surface area contributed by atoms with Crippen molar-refractivity contribution in [1.29, 1.82) is 0 Å². The summed E-state index contributed by atoms with van der Waals surface area (Å²) < 4.78 is 31.7. The average molecular weight is 446 g/mol. The average Bonchev–Trinajstić information content (AvgIpc) is 2.94. The van der Waals surface area contributed by atoms with Gasteiger partial charge in [0.1, 0.15) is 4.90 Å². The van der Waals surface area contributed by atoms with Crippen LogP contribution in [0.3, 0.4) is 0 Å². The van der Waals surface area contributed by atoms with Crippen molar-refractivity contribution in [2.75, 3.05) is 0 Å². The Labute approximate surface area is 180 Å². The Balaban J connectivity index is 1.93. The summed E-state index contributed by atoms with van der Waals surface area (Å²) in [7, 11) is -4.05. The molecule has 0 radical (unpaired) electrons. The van der Waals surface area contributed by atoms with Crippen LogP contribution in [0.1, 0.15) is 34.7 Å². The van der Waals surface area contributed by atoms with Crippen LogP contribution in [0, 0.1) is 27.7 Å². The van der Waals surface area contributed by atoms with Crippen molar-refractivity contribution < 1.29 is 17.4 Å². The van der Waals surface area contributed by atoms with E-state index >= 15 is 0 Å². The normalized spacial score (nSPS) is 18.2. The lowest BCUT2D eigenvalue weighted by Gasteiger charge is -2.15. The molecule has 30 heavy (non-hydrogen) atoms. The van der Waals surface area contributed by atoms with E-state index in [1.807, 2.05) is 19.1 Å². The first-order valence-corrected chi connectivity index (χ1v) is 11.6. The number of nitrogens with zero attached hydrogens (tertiary/aromatic N) is 2. The SMILES string of the molecule is Cc1cc(C)c(S(=O)(=O)Oc2c(C)cccc2/C=N/N=C2/NC(=O)C(C)S2)c(C)c1. The van der Waals surface area contributed by atoms with Crippen LogP contribution in [0.4, 0.5) is 0 Å². The van der Waals surface area contributed by atoms with E-state index in [0.29, 0.717) is 27.4 Å². The number of benzene rings is 2. The van der Waals surface area contributed by atoms with Gasteiger partial charge in [0.15, 0.2) is 10.9 Å². The molecule has 1 amide bonds. The summed E-state index contributed by atoms with van der Waals surface area (Å²) in [6, 6.07) is 8.86. The van der Waals surface area contributed by atoms with Crippen molar-refractivity contribution in [3.63, 3.8) is 0 Å². The quantitative estimate of drug-likeness (QED) is 0.431. The number of carbonyl (C=O) groups excluding carboxylic acids is 1. The van der Waals surface area contributed by atoms with Crippen LogP contribution in [0.2, 0.25) is 0 Å². The zero-order valence-corrected chi connectivity index (χ0v) is 19.0. The molecule has 0 saturated carbocycles. The second-order valence-electron chi connectivity index (χ2n) is 7.16. The van der Waals surface area contributed by atoms with Gasteiger partial charge < -0.3 is 9.50 Å². The topological polar surface area (TPSA) is 97.2 Å². The highest BCUT2D eigenvalue weighted by Gasteiger charge is 2.26.